The van der Waals surface area contributed by atoms with E-state index < -0.39 is 0 Å². The third-order valence-corrected chi connectivity index (χ3v) is 2.23. The summed E-state index contributed by atoms with van der Waals surface area (Å²) in [5.41, 5.74) is 1.73. The highest BCUT2D eigenvalue weighted by molar-refractivity contribution is 5.56. The summed E-state index contributed by atoms with van der Waals surface area (Å²) >= 11 is 0. The summed E-state index contributed by atoms with van der Waals surface area (Å²) < 4.78 is 1.80. The van der Waals surface area contributed by atoms with E-state index in [2.05, 4.69) is 6.07 Å². The van der Waals surface area contributed by atoms with Gasteiger partial charge < -0.3 is 0 Å². The van der Waals surface area contributed by atoms with Crippen LogP contribution in [0.4, 0.5) is 0 Å². The van der Waals surface area contributed by atoms with E-state index in [1.165, 1.54) is 0 Å². The molecule has 0 aliphatic heterocycles. The molecule has 76 valence electrons. The van der Waals surface area contributed by atoms with Gasteiger partial charge in [0, 0.05) is 18.2 Å². The highest BCUT2D eigenvalue weighted by atomic mass is 14.9. The Hall–Kier alpha value is -2.40. The Morgan fingerprint density at radius 3 is 2.50 bits per heavy atom. The molecule has 2 rings (SSSR count). The number of aromatic nitrogens is 1. The number of nitriles is 1. The second-order valence-electron chi connectivity index (χ2n) is 3.33. The van der Waals surface area contributed by atoms with Gasteiger partial charge in [-0.25, -0.2) is 0 Å². The van der Waals surface area contributed by atoms with Gasteiger partial charge in [-0.2, -0.15) is 9.83 Å². The van der Waals surface area contributed by atoms with Crippen molar-refractivity contribution in [3.05, 3.63) is 66.0 Å². The van der Waals surface area contributed by atoms with Crippen LogP contribution < -0.4 is 4.57 Å². The van der Waals surface area contributed by atoms with E-state index in [0.717, 1.165) is 5.56 Å². The van der Waals surface area contributed by atoms with Crippen LogP contribution in [0.25, 0.3) is 12.3 Å². The number of hydrogen-bond acceptors (Lipinski definition) is 1. The minimum Gasteiger partial charge on any atom is -0.186 e. The number of rotatable bonds is 2. The van der Waals surface area contributed by atoms with Gasteiger partial charge in [0.1, 0.15) is 0 Å². The largest absolute Gasteiger partial charge is 0.288 e. The Kier molecular flexibility index (Phi) is 3.10. The fraction of sp³-hybridized carbons (Fsp3) is 0. The smallest absolute Gasteiger partial charge is 0.186 e. The molecule has 0 N–H and O–H groups in total. The molecule has 2 aromatic rings. The average molecular weight is 207 g/mol. The highest BCUT2D eigenvalue weighted by Crippen LogP contribution is 2.00. The van der Waals surface area contributed by atoms with Crippen LogP contribution in [0.1, 0.15) is 11.3 Å². The van der Waals surface area contributed by atoms with Crippen LogP contribution >= 0.6 is 0 Å². The van der Waals surface area contributed by atoms with Crippen LogP contribution in [-0.4, -0.2) is 0 Å². The van der Waals surface area contributed by atoms with Gasteiger partial charge in [0.15, 0.2) is 18.5 Å². The first-order chi connectivity index (χ1) is 7.90. The Morgan fingerprint density at radius 2 is 1.75 bits per heavy atom. The normalized spacial score (nSPS) is 10.2. The van der Waals surface area contributed by atoms with Crippen molar-refractivity contribution < 1.29 is 4.57 Å². The topological polar surface area (TPSA) is 27.7 Å². The second-order valence-corrected chi connectivity index (χ2v) is 3.33. The summed E-state index contributed by atoms with van der Waals surface area (Å²) in [5, 5.41) is 8.91. The van der Waals surface area contributed by atoms with E-state index in [1.54, 1.807) is 10.6 Å². The zero-order chi connectivity index (χ0) is 11.2. The third kappa shape index (κ3) is 2.34. The van der Waals surface area contributed by atoms with Crippen LogP contribution in [0.3, 0.4) is 0 Å². The monoisotopic (exact) mass is 207 g/mol. The second kappa shape index (κ2) is 4.90. The quantitative estimate of drug-likeness (QED) is 0.695. The molecular formula is C14H11N2+. The summed E-state index contributed by atoms with van der Waals surface area (Å²) in [5.74, 6) is 0. The van der Waals surface area contributed by atoms with Gasteiger partial charge in [-0.05, 0) is 11.6 Å². The Bertz CT molecular complexity index is 536. The summed E-state index contributed by atoms with van der Waals surface area (Å²) in [6.07, 6.45) is 5.72. The zero-order valence-corrected chi connectivity index (χ0v) is 8.75. The van der Waals surface area contributed by atoms with Crippen LogP contribution in [0.15, 0.2) is 54.7 Å². The lowest BCUT2D eigenvalue weighted by molar-refractivity contribution is -0.570. The maximum absolute atomic E-state index is 8.91. The van der Waals surface area contributed by atoms with Gasteiger partial charge in [0.25, 0.3) is 5.69 Å². The van der Waals surface area contributed by atoms with Crippen LogP contribution in [0.5, 0.6) is 0 Å². The van der Waals surface area contributed by atoms with Crippen molar-refractivity contribution in [3.8, 4) is 6.07 Å². The average Bonchev–Trinajstić information content (AvgIpc) is 2.38. The number of benzene rings is 1. The van der Waals surface area contributed by atoms with Crippen molar-refractivity contribution in [1.29, 1.82) is 5.26 Å². The number of nitrogens with zero attached hydrogens (tertiary/aromatic N) is 2. The minimum absolute atomic E-state index is 0.620. The van der Waals surface area contributed by atoms with E-state index in [0.29, 0.717) is 5.69 Å². The molecule has 0 saturated carbocycles. The molecule has 0 unspecified atom stereocenters. The van der Waals surface area contributed by atoms with Crippen molar-refractivity contribution in [3.63, 3.8) is 0 Å². The van der Waals surface area contributed by atoms with E-state index >= 15 is 0 Å². The minimum atomic E-state index is 0.620. The first-order valence-electron chi connectivity index (χ1n) is 5.03. The maximum atomic E-state index is 8.91. The zero-order valence-electron chi connectivity index (χ0n) is 8.75. The lowest BCUT2D eigenvalue weighted by Gasteiger charge is -1.91. The lowest BCUT2D eigenvalue weighted by atomic mass is 10.2. The molecule has 0 saturated heterocycles. The molecule has 0 spiro atoms. The standard InChI is InChI=1S/C14H11N2/c15-12-14-8-4-5-10-16(14)11-9-13-6-2-1-3-7-13/h1-11H/q+1. The number of hydrogen-bond donors (Lipinski definition) is 0. The predicted molar refractivity (Wildman–Crippen MR) is 63.0 cm³/mol. The first-order valence-corrected chi connectivity index (χ1v) is 5.03. The Morgan fingerprint density at radius 1 is 1.00 bits per heavy atom. The highest BCUT2D eigenvalue weighted by Gasteiger charge is 2.03. The van der Waals surface area contributed by atoms with Crippen molar-refractivity contribution in [2.75, 3.05) is 0 Å². The molecule has 0 aliphatic rings. The van der Waals surface area contributed by atoms with Gasteiger partial charge in [-0.15, -0.1) is 0 Å². The summed E-state index contributed by atoms with van der Waals surface area (Å²) in [6, 6.07) is 17.7. The molecule has 0 amide bonds. The molecule has 2 nitrogen and oxygen atoms in total. The third-order valence-electron chi connectivity index (χ3n) is 2.23. The van der Waals surface area contributed by atoms with Gasteiger partial charge in [-0.1, -0.05) is 30.3 Å². The molecule has 0 bridgehead atoms. The van der Waals surface area contributed by atoms with E-state index in [9.17, 15) is 0 Å². The molecular weight excluding hydrogens is 196 g/mol. The van der Waals surface area contributed by atoms with E-state index in [-0.39, 0.29) is 0 Å². The fourth-order valence-corrected chi connectivity index (χ4v) is 1.41. The van der Waals surface area contributed by atoms with Gasteiger partial charge in [0.2, 0.25) is 0 Å². The van der Waals surface area contributed by atoms with Gasteiger partial charge >= 0.3 is 0 Å². The van der Waals surface area contributed by atoms with Crippen molar-refractivity contribution in [2.24, 2.45) is 0 Å². The molecule has 0 radical (unpaired) electrons. The molecule has 1 heterocycles. The van der Waals surface area contributed by atoms with Crippen molar-refractivity contribution >= 4 is 12.3 Å². The van der Waals surface area contributed by atoms with Crippen LogP contribution in [-0.2, 0) is 0 Å². The van der Waals surface area contributed by atoms with Crippen LogP contribution in [0.2, 0.25) is 0 Å². The van der Waals surface area contributed by atoms with Gasteiger partial charge in [0.05, 0.1) is 0 Å². The molecule has 2 heteroatoms. The summed E-state index contributed by atoms with van der Waals surface area (Å²) in [4.78, 5) is 0. The molecule has 16 heavy (non-hydrogen) atoms. The number of pyridine rings is 1. The molecule has 0 aliphatic carbocycles. The van der Waals surface area contributed by atoms with Crippen LogP contribution in [0, 0.1) is 11.3 Å². The van der Waals surface area contributed by atoms with Gasteiger partial charge in [-0.3, -0.25) is 0 Å². The molecule has 1 aromatic heterocycles. The summed E-state index contributed by atoms with van der Waals surface area (Å²) in [6.45, 7) is 0. The first kappa shape index (κ1) is 10.1. The Balaban J connectivity index is 2.28. The molecule has 1 aromatic carbocycles. The fourth-order valence-electron chi connectivity index (χ4n) is 1.41. The lowest BCUT2D eigenvalue weighted by Crippen LogP contribution is -2.29. The maximum Gasteiger partial charge on any atom is 0.288 e. The van der Waals surface area contributed by atoms with Crippen molar-refractivity contribution in [1.82, 2.24) is 0 Å². The van der Waals surface area contributed by atoms with E-state index in [1.807, 2.05) is 60.9 Å². The molecule has 0 fully saturated rings. The molecule has 0 atom stereocenters. The predicted octanol–water partition coefficient (Wildman–Crippen LogP) is 2.47. The van der Waals surface area contributed by atoms with Crippen molar-refractivity contribution in [2.45, 2.75) is 0 Å². The summed E-state index contributed by atoms with van der Waals surface area (Å²) in [7, 11) is 0. The Labute approximate surface area is 94.7 Å². The van der Waals surface area contributed by atoms with E-state index in [4.69, 9.17) is 5.26 Å². The SMILES string of the molecule is N#Cc1cccc[n+]1C=Cc1ccccc1.